The first-order chi connectivity index (χ1) is 18.2. The molecular weight excluding hydrogens is 511 g/mol. The van der Waals surface area contributed by atoms with E-state index >= 15 is 0 Å². The summed E-state index contributed by atoms with van der Waals surface area (Å²) in [6.07, 6.45) is -0.769. The Kier molecular flexibility index (Phi) is 8.00. The monoisotopic (exact) mass is 542 g/mol. The lowest BCUT2D eigenvalue weighted by Gasteiger charge is -2.29. The van der Waals surface area contributed by atoms with Gasteiger partial charge in [-0.15, -0.1) is 0 Å². The number of carbonyl (C=O) groups excluding carboxylic acids is 1. The highest BCUT2D eigenvalue weighted by atomic mass is 35.5. The maximum Gasteiger partial charge on any atom is 0.163 e. The van der Waals surface area contributed by atoms with Crippen LogP contribution in [0.4, 0.5) is 4.39 Å². The van der Waals surface area contributed by atoms with Crippen LogP contribution in [0.25, 0.3) is 21.9 Å². The molecule has 0 heterocycles. The van der Waals surface area contributed by atoms with Crippen molar-refractivity contribution in [2.45, 2.75) is 58.8 Å². The molecule has 0 aromatic heterocycles. The summed E-state index contributed by atoms with van der Waals surface area (Å²) in [6.45, 7) is 10.9. The highest BCUT2D eigenvalue weighted by molar-refractivity contribution is 6.30. The summed E-state index contributed by atoms with van der Waals surface area (Å²) in [5, 5.41) is 13.5. The number of aliphatic hydroxyl groups is 1. The van der Waals surface area contributed by atoms with E-state index in [2.05, 4.69) is 17.9 Å². The molecule has 0 radical (unpaired) electrons. The fraction of sp³-hybridized carbons (Fsp3) is 0.265. The topological polar surface area (TPSA) is 46.5 Å². The van der Waals surface area contributed by atoms with Crippen LogP contribution in [0.5, 0.6) is 0 Å². The van der Waals surface area contributed by atoms with E-state index in [9.17, 15) is 14.3 Å². The van der Waals surface area contributed by atoms with Crippen molar-refractivity contribution < 1.29 is 19.0 Å². The van der Waals surface area contributed by atoms with Gasteiger partial charge in [0.25, 0.3) is 0 Å². The SMILES string of the molecule is CC(=O)C(OC(C)(C)C)c1c(C)cc2ccc(C#CC(C)(O)c3ccc(F)cc3)cc2c1-c1ccc(Cl)cc1. The molecule has 0 fully saturated rings. The number of benzene rings is 4. The lowest BCUT2D eigenvalue weighted by atomic mass is 9.85. The molecule has 5 heteroatoms. The summed E-state index contributed by atoms with van der Waals surface area (Å²) < 4.78 is 19.7. The Balaban J connectivity index is 1.95. The Morgan fingerprint density at radius 2 is 1.62 bits per heavy atom. The van der Waals surface area contributed by atoms with Crippen LogP contribution < -0.4 is 0 Å². The molecule has 0 aliphatic carbocycles. The van der Waals surface area contributed by atoms with Crippen molar-refractivity contribution in [2.75, 3.05) is 0 Å². The summed E-state index contributed by atoms with van der Waals surface area (Å²) in [5.74, 6) is 5.55. The zero-order valence-corrected chi connectivity index (χ0v) is 23.8. The van der Waals surface area contributed by atoms with Gasteiger partial charge in [0.2, 0.25) is 0 Å². The van der Waals surface area contributed by atoms with E-state index < -0.39 is 17.3 Å². The third-order valence-corrected chi connectivity index (χ3v) is 6.73. The molecule has 2 atom stereocenters. The maximum absolute atomic E-state index is 13.4. The van der Waals surface area contributed by atoms with E-state index in [0.29, 0.717) is 16.1 Å². The van der Waals surface area contributed by atoms with Crippen molar-refractivity contribution >= 4 is 28.2 Å². The number of fused-ring (bicyclic) bond motifs is 1. The van der Waals surface area contributed by atoms with Crippen LogP contribution in [-0.4, -0.2) is 16.5 Å². The highest BCUT2D eigenvalue weighted by Gasteiger charge is 2.29. The minimum Gasteiger partial charge on any atom is -0.374 e. The molecule has 1 N–H and O–H groups in total. The molecule has 0 aliphatic heterocycles. The van der Waals surface area contributed by atoms with Crippen LogP contribution in [0, 0.1) is 24.6 Å². The number of hydrogen-bond donors (Lipinski definition) is 1. The third kappa shape index (κ3) is 6.57. The molecule has 2 unspecified atom stereocenters. The zero-order valence-electron chi connectivity index (χ0n) is 23.0. The number of Topliss-reactive ketones (excluding diaryl/α,β-unsaturated/α-hetero) is 1. The van der Waals surface area contributed by atoms with Gasteiger partial charge in [0.15, 0.2) is 5.78 Å². The van der Waals surface area contributed by atoms with Crippen LogP contribution in [-0.2, 0) is 15.1 Å². The molecule has 0 bridgehead atoms. The van der Waals surface area contributed by atoms with Gasteiger partial charge in [-0.3, -0.25) is 4.79 Å². The second-order valence-corrected chi connectivity index (χ2v) is 11.4. The van der Waals surface area contributed by atoms with Gasteiger partial charge in [0, 0.05) is 10.6 Å². The van der Waals surface area contributed by atoms with Crippen molar-refractivity contribution in [1.82, 2.24) is 0 Å². The molecule has 4 rings (SSSR count). The summed E-state index contributed by atoms with van der Waals surface area (Å²) in [4.78, 5) is 13.0. The molecular formula is C34H32ClFO3. The number of ketones is 1. The van der Waals surface area contributed by atoms with Gasteiger partial charge < -0.3 is 9.84 Å². The highest BCUT2D eigenvalue weighted by Crippen LogP contribution is 2.41. The third-order valence-electron chi connectivity index (χ3n) is 6.48. The van der Waals surface area contributed by atoms with Crippen LogP contribution in [0.3, 0.4) is 0 Å². The average molecular weight is 543 g/mol. The van der Waals surface area contributed by atoms with E-state index in [4.69, 9.17) is 16.3 Å². The molecule has 0 spiro atoms. The van der Waals surface area contributed by atoms with Gasteiger partial charge in [0.05, 0.1) is 5.60 Å². The second-order valence-electron chi connectivity index (χ2n) is 11.0. The largest absolute Gasteiger partial charge is 0.374 e. The molecule has 200 valence electrons. The normalized spacial score (nSPS) is 13.9. The predicted octanol–water partition coefficient (Wildman–Crippen LogP) is 8.31. The van der Waals surface area contributed by atoms with Crippen LogP contribution >= 0.6 is 11.6 Å². The molecule has 3 nitrogen and oxygen atoms in total. The van der Waals surface area contributed by atoms with E-state index in [1.165, 1.54) is 24.3 Å². The van der Waals surface area contributed by atoms with Gasteiger partial charge in [-0.1, -0.05) is 59.8 Å². The summed E-state index contributed by atoms with van der Waals surface area (Å²) >= 11 is 6.22. The molecule has 4 aromatic carbocycles. The average Bonchev–Trinajstić information content (AvgIpc) is 2.86. The van der Waals surface area contributed by atoms with Gasteiger partial charge in [-0.25, -0.2) is 4.39 Å². The Hall–Kier alpha value is -3.49. The Labute approximate surface area is 234 Å². The summed E-state index contributed by atoms with van der Waals surface area (Å²) in [7, 11) is 0. The predicted molar refractivity (Wildman–Crippen MR) is 156 cm³/mol. The maximum atomic E-state index is 13.4. The van der Waals surface area contributed by atoms with Crippen molar-refractivity contribution in [2.24, 2.45) is 0 Å². The lowest BCUT2D eigenvalue weighted by molar-refractivity contribution is -0.138. The molecule has 0 saturated heterocycles. The van der Waals surface area contributed by atoms with Crippen molar-refractivity contribution in [1.29, 1.82) is 0 Å². The zero-order chi connectivity index (χ0) is 28.5. The minimum absolute atomic E-state index is 0.0890. The molecule has 0 saturated carbocycles. The number of hydrogen-bond acceptors (Lipinski definition) is 3. The summed E-state index contributed by atoms with van der Waals surface area (Å²) in [6, 6.07) is 21.1. The van der Waals surface area contributed by atoms with Gasteiger partial charge >= 0.3 is 0 Å². The van der Waals surface area contributed by atoms with E-state index in [-0.39, 0.29) is 11.6 Å². The van der Waals surface area contributed by atoms with Crippen LogP contribution in [0.2, 0.25) is 5.02 Å². The van der Waals surface area contributed by atoms with Gasteiger partial charge in [-0.05, 0) is 117 Å². The molecule has 4 aromatic rings. The minimum atomic E-state index is -1.47. The van der Waals surface area contributed by atoms with Gasteiger partial charge in [-0.2, -0.15) is 0 Å². The smallest absolute Gasteiger partial charge is 0.163 e. The second kappa shape index (κ2) is 10.9. The van der Waals surface area contributed by atoms with Gasteiger partial charge in [0.1, 0.15) is 17.5 Å². The quantitative estimate of drug-likeness (QED) is 0.258. The first kappa shape index (κ1) is 28.5. The fourth-order valence-corrected chi connectivity index (χ4v) is 4.76. The Morgan fingerprint density at radius 1 is 0.974 bits per heavy atom. The standard InChI is InChI=1S/C34H32ClFO3/c1-21-19-25-8-7-23(17-18-34(6,38)26-11-15-28(36)16-12-26)20-29(25)31(24-9-13-27(35)14-10-24)30(21)32(22(2)37)39-33(3,4)5/h7-16,19-20,32,38H,1-6H3. The lowest BCUT2D eigenvalue weighted by Crippen LogP contribution is -2.27. The fourth-order valence-electron chi connectivity index (χ4n) is 4.63. The number of halogens is 2. The van der Waals surface area contributed by atoms with E-state index in [0.717, 1.165) is 33.0 Å². The number of rotatable bonds is 5. The Morgan fingerprint density at radius 3 is 2.21 bits per heavy atom. The van der Waals surface area contributed by atoms with Crippen molar-refractivity contribution in [3.63, 3.8) is 0 Å². The van der Waals surface area contributed by atoms with E-state index in [1.807, 2.05) is 70.2 Å². The first-order valence-corrected chi connectivity index (χ1v) is 13.2. The van der Waals surface area contributed by atoms with Crippen LogP contribution in [0.1, 0.15) is 63.0 Å². The van der Waals surface area contributed by atoms with E-state index in [1.54, 1.807) is 13.8 Å². The molecule has 39 heavy (non-hydrogen) atoms. The van der Waals surface area contributed by atoms with Crippen molar-refractivity contribution in [3.8, 4) is 23.0 Å². The number of ether oxygens (including phenoxy) is 1. The number of aryl methyl sites for hydroxylation is 1. The number of carbonyl (C=O) groups is 1. The molecule has 0 aliphatic rings. The Bertz CT molecular complexity index is 1590. The summed E-state index contributed by atoms with van der Waals surface area (Å²) in [5.41, 5.74) is 2.68. The van der Waals surface area contributed by atoms with Crippen molar-refractivity contribution in [3.05, 3.63) is 106 Å². The van der Waals surface area contributed by atoms with Crippen LogP contribution in [0.15, 0.2) is 72.8 Å². The first-order valence-electron chi connectivity index (χ1n) is 12.8. The molecule has 0 amide bonds.